The lowest BCUT2D eigenvalue weighted by molar-refractivity contribution is 0.220. The van der Waals surface area contributed by atoms with Crippen LogP contribution in [0.4, 0.5) is 5.69 Å². The molecule has 0 atom stereocenters. The third kappa shape index (κ3) is 2.71. The van der Waals surface area contributed by atoms with Crippen molar-refractivity contribution < 1.29 is 4.74 Å². The minimum Gasteiger partial charge on any atom is -0.492 e. The molecule has 98 valence electrons. The third-order valence-corrected chi connectivity index (χ3v) is 3.48. The molecule has 1 aliphatic rings. The van der Waals surface area contributed by atoms with E-state index >= 15 is 0 Å². The average Bonchev–Trinajstić information content (AvgIpc) is 2.63. The number of hydrogen-bond acceptors (Lipinski definition) is 3. The Hall–Kier alpha value is -2.00. The summed E-state index contributed by atoms with van der Waals surface area (Å²) in [5, 5.41) is 0. The molecule has 0 bridgehead atoms. The first-order chi connectivity index (χ1) is 9.33. The maximum absolute atomic E-state index is 6.01. The fraction of sp³-hybridized carbons (Fsp3) is 0.250. The molecule has 0 aromatic heterocycles. The Morgan fingerprint density at radius 1 is 1.05 bits per heavy atom. The zero-order valence-corrected chi connectivity index (χ0v) is 10.9. The number of anilines is 1. The number of nitrogen functional groups attached to an aromatic ring is 1. The van der Waals surface area contributed by atoms with E-state index in [1.54, 1.807) is 0 Å². The molecule has 0 unspecified atom stereocenters. The van der Waals surface area contributed by atoms with E-state index in [0.29, 0.717) is 0 Å². The fourth-order valence-electron chi connectivity index (χ4n) is 2.43. The molecule has 3 nitrogen and oxygen atoms in total. The molecule has 1 heterocycles. The van der Waals surface area contributed by atoms with E-state index in [1.165, 1.54) is 11.1 Å². The SMILES string of the molecule is Nc1ccccc1CN1CCOc2ccccc2C1. The van der Waals surface area contributed by atoms with Crippen molar-refractivity contribution >= 4 is 5.69 Å². The highest BCUT2D eigenvalue weighted by atomic mass is 16.5. The van der Waals surface area contributed by atoms with Gasteiger partial charge in [-0.05, 0) is 17.7 Å². The summed E-state index contributed by atoms with van der Waals surface area (Å²) < 4.78 is 5.77. The number of para-hydroxylation sites is 2. The molecule has 19 heavy (non-hydrogen) atoms. The molecule has 0 spiro atoms. The molecular formula is C16H18N2O. The molecule has 3 heteroatoms. The van der Waals surface area contributed by atoms with E-state index in [9.17, 15) is 0 Å². The summed E-state index contributed by atoms with van der Waals surface area (Å²) in [4.78, 5) is 2.37. The highest BCUT2D eigenvalue weighted by Crippen LogP contribution is 2.24. The molecule has 1 aliphatic heterocycles. The normalized spacial score (nSPS) is 15.4. The zero-order valence-electron chi connectivity index (χ0n) is 10.9. The monoisotopic (exact) mass is 254 g/mol. The highest BCUT2D eigenvalue weighted by Gasteiger charge is 2.15. The molecule has 0 saturated heterocycles. The quantitative estimate of drug-likeness (QED) is 0.837. The number of nitrogens with zero attached hydrogens (tertiary/aromatic N) is 1. The fourth-order valence-corrected chi connectivity index (χ4v) is 2.43. The highest BCUT2D eigenvalue weighted by molar-refractivity contribution is 5.46. The first-order valence-corrected chi connectivity index (χ1v) is 6.59. The van der Waals surface area contributed by atoms with Crippen LogP contribution < -0.4 is 10.5 Å². The Bertz CT molecular complexity index is 568. The summed E-state index contributed by atoms with van der Waals surface area (Å²) in [7, 11) is 0. The molecule has 2 aromatic carbocycles. The standard InChI is InChI=1S/C16H18N2O/c17-15-7-3-1-5-13(15)11-18-9-10-19-16-8-4-2-6-14(16)12-18/h1-8H,9-12,17H2. The Morgan fingerprint density at radius 2 is 1.84 bits per heavy atom. The van der Waals surface area contributed by atoms with Gasteiger partial charge in [-0.15, -0.1) is 0 Å². The Labute approximate surface area is 113 Å². The van der Waals surface area contributed by atoms with Crippen LogP contribution in [0.1, 0.15) is 11.1 Å². The second-order valence-corrected chi connectivity index (χ2v) is 4.87. The van der Waals surface area contributed by atoms with Crippen LogP contribution in [0, 0.1) is 0 Å². The van der Waals surface area contributed by atoms with E-state index in [4.69, 9.17) is 10.5 Å². The molecule has 0 aliphatic carbocycles. The second kappa shape index (κ2) is 5.33. The van der Waals surface area contributed by atoms with Crippen molar-refractivity contribution in [3.63, 3.8) is 0 Å². The summed E-state index contributed by atoms with van der Waals surface area (Å²) in [6.07, 6.45) is 0. The van der Waals surface area contributed by atoms with Gasteiger partial charge in [0.05, 0.1) is 0 Å². The van der Waals surface area contributed by atoms with Crippen molar-refractivity contribution in [3.8, 4) is 5.75 Å². The second-order valence-electron chi connectivity index (χ2n) is 4.87. The van der Waals surface area contributed by atoms with Gasteiger partial charge in [-0.25, -0.2) is 0 Å². The van der Waals surface area contributed by atoms with Gasteiger partial charge in [-0.2, -0.15) is 0 Å². The van der Waals surface area contributed by atoms with E-state index in [0.717, 1.165) is 37.7 Å². The number of hydrogen-bond donors (Lipinski definition) is 1. The number of benzene rings is 2. The lowest BCUT2D eigenvalue weighted by Gasteiger charge is -2.20. The van der Waals surface area contributed by atoms with Crippen LogP contribution >= 0.6 is 0 Å². The van der Waals surface area contributed by atoms with Crippen molar-refractivity contribution in [1.82, 2.24) is 4.90 Å². The predicted octanol–water partition coefficient (Wildman–Crippen LogP) is 2.66. The van der Waals surface area contributed by atoms with Gasteiger partial charge >= 0.3 is 0 Å². The van der Waals surface area contributed by atoms with Gasteiger partial charge in [-0.3, -0.25) is 4.90 Å². The van der Waals surface area contributed by atoms with Gasteiger partial charge in [0.2, 0.25) is 0 Å². The van der Waals surface area contributed by atoms with Crippen molar-refractivity contribution in [2.75, 3.05) is 18.9 Å². The Balaban J connectivity index is 1.78. The molecule has 0 radical (unpaired) electrons. The molecule has 2 N–H and O–H groups in total. The summed E-state index contributed by atoms with van der Waals surface area (Å²) in [5.74, 6) is 1.01. The average molecular weight is 254 g/mol. The van der Waals surface area contributed by atoms with Crippen molar-refractivity contribution in [3.05, 3.63) is 59.7 Å². The van der Waals surface area contributed by atoms with E-state index < -0.39 is 0 Å². The first kappa shape index (κ1) is 12.1. The predicted molar refractivity (Wildman–Crippen MR) is 76.9 cm³/mol. The van der Waals surface area contributed by atoms with E-state index in [1.807, 2.05) is 30.3 Å². The van der Waals surface area contributed by atoms with Crippen LogP contribution in [0.5, 0.6) is 5.75 Å². The zero-order chi connectivity index (χ0) is 13.1. The number of ether oxygens (including phenoxy) is 1. The molecule has 3 rings (SSSR count). The smallest absolute Gasteiger partial charge is 0.123 e. The van der Waals surface area contributed by atoms with Gasteiger partial charge < -0.3 is 10.5 Å². The number of rotatable bonds is 2. The van der Waals surface area contributed by atoms with Gasteiger partial charge in [0.15, 0.2) is 0 Å². The first-order valence-electron chi connectivity index (χ1n) is 6.59. The van der Waals surface area contributed by atoms with Gasteiger partial charge in [0.1, 0.15) is 12.4 Å². The van der Waals surface area contributed by atoms with Gasteiger partial charge in [-0.1, -0.05) is 36.4 Å². The summed E-state index contributed by atoms with van der Waals surface area (Å²) >= 11 is 0. The number of nitrogens with two attached hydrogens (primary N) is 1. The van der Waals surface area contributed by atoms with Crippen LogP contribution in [-0.4, -0.2) is 18.1 Å². The van der Waals surface area contributed by atoms with E-state index in [2.05, 4.69) is 23.1 Å². The summed E-state index contributed by atoms with van der Waals surface area (Å²) in [6.45, 7) is 3.42. The van der Waals surface area contributed by atoms with Crippen LogP contribution in [0.3, 0.4) is 0 Å². The Morgan fingerprint density at radius 3 is 2.74 bits per heavy atom. The minimum absolute atomic E-state index is 0.726. The maximum Gasteiger partial charge on any atom is 0.123 e. The molecular weight excluding hydrogens is 236 g/mol. The summed E-state index contributed by atoms with van der Waals surface area (Å²) in [6, 6.07) is 16.3. The van der Waals surface area contributed by atoms with Crippen molar-refractivity contribution in [2.45, 2.75) is 13.1 Å². The van der Waals surface area contributed by atoms with Crippen molar-refractivity contribution in [2.24, 2.45) is 0 Å². The molecule has 0 saturated carbocycles. The molecule has 0 fully saturated rings. The van der Waals surface area contributed by atoms with Crippen LogP contribution in [0.2, 0.25) is 0 Å². The van der Waals surface area contributed by atoms with Gasteiger partial charge in [0.25, 0.3) is 0 Å². The largest absolute Gasteiger partial charge is 0.492 e. The minimum atomic E-state index is 0.726. The third-order valence-electron chi connectivity index (χ3n) is 3.48. The molecule has 2 aromatic rings. The lowest BCUT2D eigenvalue weighted by Crippen LogP contribution is -2.25. The van der Waals surface area contributed by atoms with Gasteiger partial charge in [0, 0.05) is 30.9 Å². The lowest BCUT2D eigenvalue weighted by atomic mass is 10.1. The number of fused-ring (bicyclic) bond motifs is 1. The molecule has 0 amide bonds. The van der Waals surface area contributed by atoms with Crippen LogP contribution in [0.25, 0.3) is 0 Å². The summed E-state index contributed by atoms with van der Waals surface area (Å²) in [5.41, 5.74) is 9.30. The maximum atomic E-state index is 6.01. The topological polar surface area (TPSA) is 38.5 Å². The Kier molecular flexibility index (Phi) is 3.38. The van der Waals surface area contributed by atoms with Crippen LogP contribution in [-0.2, 0) is 13.1 Å². The van der Waals surface area contributed by atoms with Crippen LogP contribution in [0.15, 0.2) is 48.5 Å². The van der Waals surface area contributed by atoms with E-state index in [-0.39, 0.29) is 0 Å². The van der Waals surface area contributed by atoms with Crippen molar-refractivity contribution in [1.29, 1.82) is 0 Å².